The van der Waals surface area contributed by atoms with Crippen molar-refractivity contribution in [2.45, 2.75) is 13.0 Å². The third kappa shape index (κ3) is 3.28. The average Bonchev–Trinajstić information content (AvgIpc) is 3.13. The second-order valence-corrected chi connectivity index (χ2v) is 5.90. The fraction of sp³-hybridized carbons (Fsp3) is 0.263. The molecule has 2 aliphatic rings. The van der Waals surface area contributed by atoms with Gasteiger partial charge in [-0.25, -0.2) is 0 Å². The van der Waals surface area contributed by atoms with Gasteiger partial charge >= 0.3 is 5.97 Å². The molecule has 0 fully saturated rings. The van der Waals surface area contributed by atoms with Gasteiger partial charge in [-0.15, -0.1) is 0 Å². The van der Waals surface area contributed by atoms with Crippen molar-refractivity contribution in [2.75, 3.05) is 24.8 Å². The molecule has 0 aliphatic carbocycles. The van der Waals surface area contributed by atoms with Crippen molar-refractivity contribution >= 4 is 17.6 Å². The molecule has 0 radical (unpaired) electrons. The number of rotatable bonds is 5. The van der Waals surface area contributed by atoms with Crippen molar-refractivity contribution in [1.82, 2.24) is 0 Å². The summed E-state index contributed by atoms with van der Waals surface area (Å²) in [6, 6.07) is 12.7. The van der Waals surface area contributed by atoms with Crippen LogP contribution in [0.15, 0.2) is 42.5 Å². The van der Waals surface area contributed by atoms with Crippen molar-refractivity contribution in [1.29, 1.82) is 0 Å². The second kappa shape index (κ2) is 6.95. The monoisotopic (exact) mass is 355 g/mol. The van der Waals surface area contributed by atoms with Gasteiger partial charge in [0.05, 0.1) is 12.1 Å². The highest BCUT2D eigenvalue weighted by molar-refractivity contribution is 5.98. The van der Waals surface area contributed by atoms with Crippen LogP contribution < -0.4 is 19.1 Å². The summed E-state index contributed by atoms with van der Waals surface area (Å²) in [5.41, 5.74) is 1.49. The van der Waals surface area contributed by atoms with Gasteiger partial charge in [-0.3, -0.25) is 9.59 Å². The summed E-state index contributed by atoms with van der Waals surface area (Å²) < 4.78 is 21.2. The molecule has 2 heterocycles. The summed E-state index contributed by atoms with van der Waals surface area (Å²) in [5.74, 6) is 1.42. The lowest BCUT2D eigenvalue weighted by molar-refractivity contribution is -0.144. The Balaban J connectivity index is 1.32. The Labute approximate surface area is 150 Å². The Morgan fingerprint density at radius 3 is 2.81 bits per heavy atom. The molecule has 7 heteroatoms. The number of para-hydroxylation sites is 2. The van der Waals surface area contributed by atoms with E-state index >= 15 is 0 Å². The highest BCUT2D eigenvalue weighted by atomic mass is 16.7. The fourth-order valence-corrected chi connectivity index (χ4v) is 2.87. The Hall–Kier alpha value is -3.22. The number of hydrogen-bond acceptors (Lipinski definition) is 6. The van der Waals surface area contributed by atoms with E-state index in [1.165, 1.54) is 0 Å². The number of amides is 1. The van der Waals surface area contributed by atoms with Crippen LogP contribution in [0, 0.1) is 0 Å². The molecule has 0 N–H and O–H groups in total. The first-order valence-electron chi connectivity index (χ1n) is 8.27. The molecule has 7 nitrogen and oxygen atoms in total. The molecular formula is C19H17NO6. The Morgan fingerprint density at radius 1 is 1.04 bits per heavy atom. The number of nitrogens with zero attached hydrogens (tertiary/aromatic N) is 1. The van der Waals surface area contributed by atoms with Crippen molar-refractivity contribution < 1.29 is 28.5 Å². The summed E-state index contributed by atoms with van der Waals surface area (Å²) in [4.78, 5) is 25.7. The van der Waals surface area contributed by atoms with Crippen molar-refractivity contribution in [3.05, 3.63) is 48.0 Å². The van der Waals surface area contributed by atoms with E-state index in [2.05, 4.69) is 0 Å². The number of esters is 1. The predicted octanol–water partition coefficient (Wildman–Crippen LogP) is 2.27. The summed E-state index contributed by atoms with van der Waals surface area (Å²) in [6.07, 6.45) is 0.102. The summed E-state index contributed by atoms with van der Waals surface area (Å²) in [6.45, 7) is 0.569. The fourth-order valence-electron chi connectivity index (χ4n) is 2.87. The molecule has 4 rings (SSSR count). The van der Waals surface area contributed by atoms with Crippen LogP contribution in [0.25, 0.3) is 0 Å². The Morgan fingerprint density at radius 2 is 1.88 bits per heavy atom. The Kier molecular flexibility index (Phi) is 4.35. The van der Waals surface area contributed by atoms with Gasteiger partial charge in [0.2, 0.25) is 6.79 Å². The molecule has 0 spiro atoms. The van der Waals surface area contributed by atoms with Crippen LogP contribution in [0.4, 0.5) is 5.69 Å². The van der Waals surface area contributed by atoms with Gasteiger partial charge in [0, 0.05) is 6.54 Å². The second-order valence-electron chi connectivity index (χ2n) is 5.90. The molecule has 0 atom stereocenters. The van der Waals surface area contributed by atoms with Gasteiger partial charge in [0.25, 0.3) is 5.91 Å². The van der Waals surface area contributed by atoms with E-state index in [0.29, 0.717) is 22.9 Å². The molecule has 2 aliphatic heterocycles. The topological polar surface area (TPSA) is 74.3 Å². The maximum Gasteiger partial charge on any atom is 0.307 e. The quantitative estimate of drug-likeness (QED) is 0.766. The number of fused-ring (bicyclic) bond motifs is 2. The van der Waals surface area contributed by atoms with Gasteiger partial charge < -0.3 is 23.8 Å². The summed E-state index contributed by atoms with van der Waals surface area (Å²) in [7, 11) is 0. The van der Waals surface area contributed by atoms with Crippen molar-refractivity contribution in [2.24, 2.45) is 0 Å². The third-order valence-electron chi connectivity index (χ3n) is 4.18. The highest BCUT2D eigenvalue weighted by Crippen LogP contribution is 2.33. The standard InChI is InChI=1S/C19H17NO6/c21-18-11-23-15-4-2-1-3-14(15)20(18)8-7-19(22)24-10-13-5-6-16-17(9-13)26-12-25-16/h1-6,9H,7-8,10-12H2. The number of ether oxygens (including phenoxy) is 4. The number of carbonyl (C=O) groups is 2. The minimum atomic E-state index is -0.376. The van der Waals surface area contributed by atoms with Crippen LogP contribution in [-0.2, 0) is 20.9 Å². The van der Waals surface area contributed by atoms with Gasteiger partial charge in [-0.05, 0) is 29.8 Å². The average molecular weight is 355 g/mol. The number of hydrogen-bond donors (Lipinski definition) is 0. The Bertz CT molecular complexity index is 850. The lowest BCUT2D eigenvalue weighted by Gasteiger charge is -2.28. The molecule has 0 saturated heterocycles. The van der Waals surface area contributed by atoms with Gasteiger partial charge in [0.1, 0.15) is 12.4 Å². The number of benzene rings is 2. The van der Waals surface area contributed by atoms with E-state index in [1.807, 2.05) is 18.2 Å². The van der Waals surface area contributed by atoms with Crippen LogP contribution in [-0.4, -0.2) is 31.8 Å². The summed E-state index contributed by atoms with van der Waals surface area (Å²) >= 11 is 0. The van der Waals surface area contributed by atoms with Crippen molar-refractivity contribution in [3.8, 4) is 17.2 Å². The lowest BCUT2D eigenvalue weighted by atomic mass is 10.2. The van der Waals surface area contributed by atoms with E-state index in [9.17, 15) is 9.59 Å². The molecule has 0 saturated carbocycles. The van der Waals surface area contributed by atoms with E-state index in [4.69, 9.17) is 18.9 Å². The molecule has 2 aromatic rings. The van der Waals surface area contributed by atoms with E-state index in [0.717, 1.165) is 5.56 Å². The van der Waals surface area contributed by atoms with Crippen LogP contribution in [0.1, 0.15) is 12.0 Å². The van der Waals surface area contributed by atoms with E-state index in [-0.39, 0.29) is 44.8 Å². The minimum absolute atomic E-state index is 0.0245. The van der Waals surface area contributed by atoms with Crippen LogP contribution in [0.2, 0.25) is 0 Å². The van der Waals surface area contributed by atoms with Gasteiger partial charge in [-0.1, -0.05) is 18.2 Å². The van der Waals surface area contributed by atoms with E-state index < -0.39 is 0 Å². The van der Waals surface area contributed by atoms with Crippen molar-refractivity contribution in [3.63, 3.8) is 0 Å². The molecule has 134 valence electrons. The minimum Gasteiger partial charge on any atom is -0.482 e. The third-order valence-corrected chi connectivity index (χ3v) is 4.18. The molecule has 1 amide bonds. The number of carbonyl (C=O) groups excluding carboxylic acids is 2. The molecule has 2 aromatic carbocycles. The molecule has 26 heavy (non-hydrogen) atoms. The maximum atomic E-state index is 12.1. The predicted molar refractivity (Wildman–Crippen MR) is 91.3 cm³/mol. The molecule has 0 aromatic heterocycles. The lowest BCUT2D eigenvalue weighted by Crippen LogP contribution is -2.40. The van der Waals surface area contributed by atoms with Gasteiger partial charge in [-0.2, -0.15) is 0 Å². The zero-order valence-corrected chi connectivity index (χ0v) is 14.0. The first-order valence-corrected chi connectivity index (χ1v) is 8.27. The largest absolute Gasteiger partial charge is 0.482 e. The van der Waals surface area contributed by atoms with Gasteiger partial charge in [0.15, 0.2) is 18.1 Å². The molecular weight excluding hydrogens is 338 g/mol. The maximum absolute atomic E-state index is 12.1. The van der Waals surface area contributed by atoms with E-state index in [1.54, 1.807) is 29.2 Å². The first-order chi connectivity index (χ1) is 12.7. The highest BCUT2D eigenvalue weighted by Gasteiger charge is 2.25. The smallest absolute Gasteiger partial charge is 0.307 e. The first kappa shape index (κ1) is 16.3. The van der Waals surface area contributed by atoms with Crippen LogP contribution in [0.3, 0.4) is 0 Å². The molecule has 0 unspecified atom stereocenters. The van der Waals surface area contributed by atoms with Crippen LogP contribution in [0.5, 0.6) is 17.2 Å². The molecule has 0 bridgehead atoms. The summed E-state index contributed by atoms with van der Waals surface area (Å²) in [5, 5.41) is 0. The SMILES string of the molecule is O=C(CCN1C(=O)COc2ccccc21)OCc1ccc2c(c1)OCO2. The van der Waals surface area contributed by atoms with Crippen LogP contribution >= 0.6 is 0 Å². The number of anilines is 1. The zero-order chi connectivity index (χ0) is 17.9. The normalized spacial score (nSPS) is 14.6. The zero-order valence-electron chi connectivity index (χ0n) is 14.0.